The molecule has 1 aliphatic rings. The van der Waals surface area contributed by atoms with Crippen LogP contribution >= 0.6 is 27.7 Å². The summed E-state index contributed by atoms with van der Waals surface area (Å²) >= 11 is 10.2. The Morgan fingerprint density at radius 3 is 2.66 bits per heavy atom. The lowest BCUT2D eigenvalue weighted by atomic mass is 9.87. The molecule has 2 atom stereocenters. The third-order valence-corrected chi connectivity index (χ3v) is 7.26. The minimum atomic E-state index is -3.00. The molecule has 2 heterocycles. The number of piperidine rings is 1. The van der Waals surface area contributed by atoms with Crippen LogP contribution in [0.2, 0.25) is 5.02 Å². The van der Waals surface area contributed by atoms with E-state index in [9.17, 15) is 13.6 Å². The number of carbonyl (C=O) groups is 1. The molecule has 1 amide bonds. The van der Waals surface area contributed by atoms with Gasteiger partial charge in [0.1, 0.15) is 5.75 Å². The van der Waals surface area contributed by atoms with Crippen molar-refractivity contribution >= 4 is 33.7 Å². The van der Waals surface area contributed by atoms with Crippen molar-refractivity contribution in [3.63, 3.8) is 0 Å². The summed E-state index contributed by atoms with van der Waals surface area (Å²) in [4.78, 5) is 13.0. The molecule has 2 aromatic rings. The first-order chi connectivity index (χ1) is 16.4. The predicted octanol–water partition coefficient (Wildman–Crippen LogP) is 6.55. The molecule has 35 heavy (non-hydrogen) atoms. The van der Waals surface area contributed by atoms with E-state index in [4.69, 9.17) is 16.3 Å². The standard InChI is InChI=1S/C25H34BrClF2N4O2/c1-6-33-22(18-10-8-16(12-25(3,4)5)11-19(18)35-24(28)29)20(27)21(31-33)23(34)30-13-17-9-7-15(2)14-32(17)26/h8,10-11,15,17,24H,6-7,9,12-14H2,1-5H3,(H,30,34)/t15-,17-/m1/s1. The maximum atomic E-state index is 13.3. The van der Waals surface area contributed by atoms with Crippen LogP contribution in [0.3, 0.4) is 0 Å². The summed E-state index contributed by atoms with van der Waals surface area (Å²) in [5.74, 6) is 0.207. The van der Waals surface area contributed by atoms with Gasteiger partial charge in [0.05, 0.1) is 10.7 Å². The zero-order valence-electron chi connectivity index (χ0n) is 20.9. The lowest BCUT2D eigenvalue weighted by molar-refractivity contribution is -0.0495. The van der Waals surface area contributed by atoms with Gasteiger partial charge in [-0.05, 0) is 55.2 Å². The van der Waals surface area contributed by atoms with Gasteiger partial charge in [-0.3, -0.25) is 9.48 Å². The van der Waals surface area contributed by atoms with Crippen LogP contribution in [-0.2, 0) is 13.0 Å². The van der Waals surface area contributed by atoms with Gasteiger partial charge in [-0.1, -0.05) is 45.4 Å². The van der Waals surface area contributed by atoms with Gasteiger partial charge in [0, 0.05) is 47.4 Å². The number of nitrogens with zero attached hydrogens (tertiary/aromatic N) is 3. The van der Waals surface area contributed by atoms with Crippen LogP contribution in [0.15, 0.2) is 18.2 Å². The fourth-order valence-corrected chi connectivity index (χ4v) is 5.57. The van der Waals surface area contributed by atoms with Gasteiger partial charge in [0.15, 0.2) is 5.69 Å². The summed E-state index contributed by atoms with van der Waals surface area (Å²) in [6.07, 6.45) is 2.74. The van der Waals surface area contributed by atoms with Crippen LogP contribution in [0.1, 0.15) is 63.5 Å². The molecule has 1 aromatic carbocycles. The van der Waals surface area contributed by atoms with Crippen molar-refractivity contribution in [1.82, 2.24) is 19.0 Å². The molecule has 0 aliphatic carbocycles. The van der Waals surface area contributed by atoms with E-state index in [1.54, 1.807) is 16.8 Å². The predicted molar refractivity (Wildman–Crippen MR) is 138 cm³/mol. The number of nitrogens with one attached hydrogen (secondary N) is 1. The summed E-state index contributed by atoms with van der Waals surface area (Å²) in [5.41, 5.74) is 1.66. The fourth-order valence-electron chi connectivity index (χ4n) is 4.40. The van der Waals surface area contributed by atoms with E-state index in [1.807, 2.05) is 13.0 Å². The van der Waals surface area contributed by atoms with Crippen LogP contribution in [0.25, 0.3) is 11.3 Å². The Bertz CT molecular complexity index is 1040. The third kappa shape index (κ3) is 7.17. The number of hydrogen-bond donors (Lipinski definition) is 1. The molecule has 6 nitrogen and oxygen atoms in total. The van der Waals surface area contributed by atoms with E-state index in [0.29, 0.717) is 36.7 Å². The number of halogens is 4. The highest BCUT2D eigenvalue weighted by molar-refractivity contribution is 9.07. The minimum absolute atomic E-state index is 0.0106. The van der Waals surface area contributed by atoms with Crippen molar-refractivity contribution in [3.8, 4) is 17.0 Å². The fraction of sp³-hybridized carbons (Fsp3) is 0.600. The van der Waals surface area contributed by atoms with E-state index in [1.165, 1.54) is 0 Å². The lowest BCUT2D eigenvalue weighted by Crippen LogP contribution is -2.44. The summed E-state index contributed by atoms with van der Waals surface area (Å²) in [6.45, 7) is 9.03. The maximum absolute atomic E-state index is 13.3. The van der Waals surface area contributed by atoms with E-state index >= 15 is 0 Å². The first-order valence-corrected chi connectivity index (χ1v) is 13.0. The van der Waals surface area contributed by atoms with Gasteiger partial charge in [-0.2, -0.15) is 13.9 Å². The van der Waals surface area contributed by atoms with Crippen molar-refractivity contribution in [1.29, 1.82) is 0 Å². The Balaban J connectivity index is 1.90. The van der Waals surface area contributed by atoms with Crippen LogP contribution in [0.4, 0.5) is 8.78 Å². The van der Waals surface area contributed by atoms with Gasteiger partial charge >= 0.3 is 6.61 Å². The number of hydrogen-bond acceptors (Lipinski definition) is 4. The molecule has 10 heteroatoms. The lowest BCUT2D eigenvalue weighted by Gasteiger charge is -2.34. The maximum Gasteiger partial charge on any atom is 0.387 e. The van der Waals surface area contributed by atoms with Crippen LogP contribution in [0.5, 0.6) is 5.75 Å². The monoisotopic (exact) mass is 574 g/mol. The Kier molecular flexibility index (Phi) is 9.21. The van der Waals surface area contributed by atoms with Gasteiger partial charge in [0.25, 0.3) is 5.91 Å². The highest BCUT2D eigenvalue weighted by Gasteiger charge is 2.28. The molecule has 0 bridgehead atoms. The second kappa shape index (κ2) is 11.6. The molecule has 1 N–H and O–H groups in total. The molecule has 1 aromatic heterocycles. The average Bonchev–Trinajstić information content (AvgIpc) is 3.08. The number of amides is 1. The van der Waals surface area contributed by atoms with Gasteiger partial charge in [-0.25, -0.2) is 3.93 Å². The van der Waals surface area contributed by atoms with E-state index < -0.39 is 12.5 Å². The molecule has 0 spiro atoms. The van der Waals surface area contributed by atoms with Crippen molar-refractivity contribution in [3.05, 3.63) is 34.5 Å². The summed E-state index contributed by atoms with van der Waals surface area (Å²) in [7, 11) is 0. The van der Waals surface area contributed by atoms with E-state index in [-0.39, 0.29) is 27.9 Å². The Morgan fingerprint density at radius 1 is 1.34 bits per heavy atom. The number of ether oxygens (including phenoxy) is 1. The molecular weight excluding hydrogens is 542 g/mol. The average molecular weight is 576 g/mol. The number of benzene rings is 1. The second-order valence-electron chi connectivity index (χ2n) is 10.4. The highest BCUT2D eigenvalue weighted by atomic mass is 79.9. The first kappa shape index (κ1) is 27.9. The molecule has 0 saturated carbocycles. The second-order valence-corrected chi connectivity index (χ2v) is 11.7. The number of alkyl halides is 2. The molecule has 1 fully saturated rings. The van der Waals surface area contributed by atoms with E-state index in [2.05, 4.69) is 58.2 Å². The Labute approximate surface area is 219 Å². The largest absolute Gasteiger partial charge is 0.434 e. The zero-order chi connectivity index (χ0) is 25.9. The number of carbonyl (C=O) groups excluding carboxylic acids is 1. The Hall–Kier alpha value is -1.71. The number of aryl methyl sites for hydroxylation is 1. The van der Waals surface area contributed by atoms with Crippen molar-refractivity contribution < 1.29 is 18.3 Å². The molecule has 0 radical (unpaired) electrons. The van der Waals surface area contributed by atoms with Crippen molar-refractivity contribution in [2.45, 2.75) is 73.1 Å². The van der Waals surface area contributed by atoms with Crippen LogP contribution < -0.4 is 10.1 Å². The summed E-state index contributed by atoms with van der Waals surface area (Å²) in [6, 6.07) is 5.37. The van der Waals surface area contributed by atoms with Gasteiger partial charge in [-0.15, -0.1) is 0 Å². The normalized spacial score (nSPS) is 19.3. The SMILES string of the molecule is CCn1nc(C(=O)NC[C@H]2CC[C@@H](C)CN2Br)c(Cl)c1-c1ccc(CC(C)(C)C)cc1OC(F)F. The van der Waals surface area contributed by atoms with Gasteiger partial charge in [0.2, 0.25) is 0 Å². The van der Waals surface area contributed by atoms with E-state index in [0.717, 1.165) is 24.9 Å². The quantitative estimate of drug-likeness (QED) is 0.363. The third-order valence-electron chi connectivity index (χ3n) is 6.03. The van der Waals surface area contributed by atoms with Crippen LogP contribution in [-0.4, -0.2) is 45.4 Å². The van der Waals surface area contributed by atoms with Crippen LogP contribution in [0, 0.1) is 11.3 Å². The zero-order valence-corrected chi connectivity index (χ0v) is 23.2. The topological polar surface area (TPSA) is 59.4 Å². The molecule has 3 rings (SSSR count). The molecule has 1 aliphatic heterocycles. The first-order valence-electron chi connectivity index (χ1n) is 11.9. The van der Waals surface area contributed by atoms with Crippen molar-refractivity contribution in [2.24, 2.45) is 11.3 Å². The highest BCUT2D eigenvalue weighted by Crippen LogP contribution is 2.39. The summed E-state index contributed by atoms with van der Waals surface area (Å²) in [5, 5.41) is 7.45. The molecular formula is C25H34BrClF2N4O2. The molecule has 194 valence electrons. The van der Waals surface area contributed by atoms with Crippen molar-refractivity contribution in [2.75, 3.05) is 13.1 Å². The smallest absolute Gasteiger partial charge is 0.387 e. The molecule has 0 unspecified atom stereocenters. The van der Waals surface area contributed by atoms with Gasteiger partial charge < -0.3 is 10.1 Å². The number of rotatable bonds is 8. The molecule has 1 saturated heterocycles. The Morgan fingerprint density at radius 2 is 2.06 bits per heavy atom. The number of aromatic nitrogens is 2. The minimum Gasteiger partial charge on any atom is -0.434 e. The summed E-state index contributed by atoms with van der Waals surface area (Å²) < 4.78 is 35.1.